The summed E-state index contributed by atoms with van der Waals surface area (Å²) in [6.07, 6.45) is 2.77. The Kier molecular flexibility index (Phi) is 7.33. The van der Waals surface area contributed by atoms with E-state index >= 15 is 0 Å². The number of halogens is 1. The fourth-order valence-electron chi connectivity index (χ4n) is 0.556. The van der Waals surface area contributed by atoms with Gasteiger partial charge in [-0.3, -0.25) is 0 Å². The van der Waals surface area contributed by atoms with Gasteiger partial charge in [0, 0.05) is 11.0 Å². The van der Waals surface area contributed by atoms with Crippen molar-refractivity contribution >= 4 is 22.6 Å². The molecule has 0 saturated carbocycles. The molecule has 0 rings (SSSR count). The fourth-order valence-corrected chi connectivity index (χ4v) is 1.43. The first-order chi connectivity index (χ1) is 4.35. The third kappa shape index (κ3) is 5.15. The van der Waals surface area contributed by atoms with Crippen LogP contribution < -0.4 is 0 Å². The van der Waals surface area contributed by atoms with Gasteiger partial charge >= 0.3 is 0 Å². The topological polar surface area (TPSA) is 9.23 Å². The molecule has 0 aliphatic rings. The molecule has 1 atom stereocenters. The number of ether oxygens (including phenoxy) is 1. The molecular formula is C7H15IO. The first-order valence-electron chi connectivity index (χ1n) is 3.52. The molecule has 0 saturated heterocycles. The van der Waals surface area contributed by atoms with Crippen molar-refractivity contribution in [3.8, 4) is 0 Å². The van der Waals surface area contributed by atoms with Gasteiger partial charge in [-0.1, -0.05) is 36.4 Å². The minimum absolute atomic E-state index is 0.491. The van der Waals surface area contributed by atoms with Crippen molar-refractivity contribution in [1.29, 1.82) is 0 Å². The van der Waals surface area contributed by atoms with Crippen LogP contribution in [-0.2, 0) is 4.74 Å². The van der Waals surface area contributed by atoms with Gasteiger partial charge < -0.3 is 4.74 Å². The summed E-state index contributed by atoms with van der Waals surface area (Å²) in [5, 5.41) is 0. The fraction of sp³-hybridized carbons (Fsp3) is 1.00. The predicted octanol–water partition coefficient (Wildman–Crippen LogP) is 2.63. The molecule has 0 radical (unpaired) electrons. The van der Waals surface area contributed by atoms with Gasteiger partial charge in [-0.15, -0.1) is 0 Å². The van der Waals surface area contributed by atoms with Crippen LogP contribution in [0.2, 0.25) is 0 Å². The van der Waals surface area contributed by atoms with E-state index in [-0.39, 0.29) is 0 Å². The van der Waals surface area contributed by atoms with E-state index in [1.165, 1.54) is 0 Å². The van der Waals surface area contributed by atoms with Crippen molar-refractivity contribution in [3.63, 3.8) is 0 Å². The third-order valence-electron chi connectivity index (χ3n) is 1.19. The second-order valence-corrected chi connectivity index (χ2v) is 2.94. The van der Waals surface area contributed by atoms with E-state index in [0.717, 1.165) is 23.9 Å². The molecule has 2 heteroatoms. The molecule has 0 fully saturated rings. The lowest BCUT2D eigenvalue weighted by Crippen LogP contribution is -2.13. The summed E-state index contributed by atoms with van der Waals surface area (Å²) in [7, 11) is 0. The van der Waals surface area contributed by atoms with Gasteiger partial charge in [-0.25, -0.2) is 0 Å². The molecule has 1 nitrogen and oxygen atoms in total. The van der Waals surface area contributed by atoms with Crippen molar-refractivity contribution in [2.24, 2.45) is 0 Å². The lowest BCUT2D eigenvalue weighted by Gasteiger charge is -2.11. The van der Waals surface area contributed by atoms with E-state index in [2.05, 4.69) is 36.4 Å². The number of rotatable bonds is 5. The van der Waals surface area contributed by atoms with Gasteiger partial charge in [0.1, 0.15) is 0 Å². The van der Waals surface area contributed by atoms with Crippen molar-refractivity contribution < 1.29 is 4.74 Å². The lowest BCUT2D eigenvalue weighted by atomic mass is 10.3. The maximum atomic E-state index is 5.48. The smallest absolute Gasteiger partial charge is 0.0661 e. The van der Waals surface area contributed by atoms with E-state index in [1.54, 1.807) is 0 Å². The SMILES string of the molecule is CCCOC(CC)CI. The molecule has 0 N–H and O–H groups in total. The monoisotopic (exact) mass is 242 g/mol. The quantitative estimate of drug-likeness (QED) is 0.532. The maximum absolute atomic E-state index is 5.48. The van der Waals surface area contributed by atoms with Crippen LogP contribution >= 0.6 is 22.6 Å². The second-order valence-electron chi connectivity index (χ2n) is 2.06. The van der Waals surface area contributed by atoms with Gasteiger partial charge in [0.25, 0.3) is 0 Å². The molecule has 0 aliphatic heterocycles. The molecule has 0 aliphatic carbocycles. The minimum Gasteiger partial charge on any atom is -0.377 e. The van der Waals surface area contributed by atoms with E-state index in [9.17, 15) is 0 Å². The van der Waals surface area contributed by atoms with Crippen molar-refractivity contribution in [2.75, 3.05) is 11.0 Å². The largest absolute Gasteiger partial charge is 0.377 e. The molecule has 0 bridgehead atoms. The van der Waals surface area contributed by atoms with Crippen molar-refractivity contribution in [3.05, 3.63) is 0 Å². The Morgan fingerprint density at radius 2 is 2.11 bits per heavy atom. The highest BCUT2D eigenvalue weighted by Gasteiger charge is 2.01. The Labute approximate surface area is 71.3 Å². The highest BCUT2D eigenvalue weighted by Crippen LogP contribution is 2.02. The summed E-state index contributed by atoms with van der Waals surface area (Å²) in [6, 6.07) is 0. The lowest BCUT2D eigenvalue weighted by molar-refractivity contribution is 0.0693. The summed E-state index contributed by atoms with van der Waals surface area (Å²) in [5.74, 6) is 0. The van der Waals surface area contributed by atoms with Gasteiger partial charge in [0.2, 0.25) is 0 Å². The maximum Gasteiger partial charge on any atom is 0.0661 e. The first kappa shape index (κ1) is 9.69. The standard InChI is InChI=1S/C7H15IO/c1-3-5-9-7(4-2)6-8/h7H,3-6H2,1-2H3. The van der Waals surface area contributed by atoms with E-state index < -0.39 is 0 Å². The third-order valence-corrected chi connectivity index (χ3v) is 2.17. The Hall–Kier alpha value is 0.690. The number of hydrogen-bond donors (Lipinski definition) is 0. The molecule has 0 aromatic carbocycles. The predicted molar refractivity (Wildman–Crippen MR) is 49.2 cm³/mol. The summed E-state index contributed by atoms with van der Waals surface area (Å²) in [5.41, 5.74) is 0. The van der Waals surface area contributed by atoms with Crippen molar-refractivity contribution in [2.45, 2.75) is 32.8 Å². The Morgan fingerprint density at radius 3 is 2.44 bits per heavy atom. The Morgan fingerprint density at radius 1 is 1.44 bits per heavy atom. The van der Waals surface area contributed by atoms with E-state index in [4.69, 9.17) is 4.74 Å². The van der Waals surface area contributed by atoms with E-state index in [0.29, 0.717) is 6.10 Å². The van der Waals surface area contributed by atoms with Crippen LogP contribution in [0.25, 0.3) is 0 Å². The zero-order valence-corrected chi connectivity index (χ0v) is 8.35. The normalized spacial score (nSPS) is 13.7. The van der Waals surface area contributed by atoms with Gasteiger partial charge in [-0.2, -0.15) is 0 Å². The molecule has 1 unspecified atom stereocenters. The zero-order valence-electron chi connectivity index (χ0n) is 6.19. The molecule has 9 heavy (non-hydrogen) atoms. The number of hydrogen-bond acceptors (Lipinski definition) is 1. The minimum atomic E-state index is 0.491. The van der Waals surface area contributed by atoms with Gasteiger partial charge in [0.05, 0.1) is 6.10 Å². The molecule has 0 spiro atoms. The molecule has 56 valence electrons. The van der Waals surface area contributed by atoms with E-state index in [1.807, 2.05) is 0 Å². The molecule has 0 heterocycles. The summed E-state index contributed by atoms with van der Waals surface area (Å²) < 4.78 is 6.60. The van der Waals surface area contributed by atoms with Crippen LogP contribution in [0.5, 0.6) is 0 Å². The average molecular weight is 242 g/mol. The molecular weight excluding hydrogens is 227 g/mol. The highest BCUT2D eigenvalue weighted by atomic mass is 127. The van der Waals surface area contributed by atoms with Gasteiger partial charge in [-0.05, 0) is 12.8 Å². The Balaban J connectivity index is 3.09. The second kappa shape index (κ2) is 6.81. The van der Waals surface area contributed by atoms with Crippen LogP contribution in [0, 0.1) is 0 Å². The van der Waals surface area contributed by atoms with Crippen LogP contribution in [0.15, 0.2) is 0 Å². The van der Waals surface area contributed by atoms with Crippen molar-refractivity contribution in [1.82, 2.24) is 0 Å². The highest BCUT2D eigenvalue weighted by molar-refractivity contribution is 14.1. The van der Waals surface area contributed by atoms with Gasteiger partial charge in [0.15, 0.2) is 0 Å². The van der Waals surface area contributed by atoms with Crippen LogP contribution in [0.3, 0.4) is 0 Å². The van der Waals surface area contributed by atoms with Crippen LogP contribution in [-0.4, -0.2) is 17.1 Å². The Bertz CT molecular complexity index is 52.9. The average Bonchev–Trinajstić information content (AvgIpc) is 1.91. The first-order valence-corrected chi connectivity index (χ1v) is 5.05. The number of alkyl halides is 1. The molecule has 0 aromatic rings. The molecule has 0 amide bonds. The van der Waals surface area contributed by atoms with Crippen LogP contribution in [0.4, 0.5) is 0 Å². The summed E-state index contributed by atoms with van der Waals surface area (Å²) >= 11 is 2.36. The zero-order chi connectivity index (χ0) is 7.11. The van der Waals surface area contributed by atoms with Crippen LogP contribution in [0.1, 0.15) is 26.7 Å². The summed E-state index contributed by atoms with van der Waals surface area (Å²) in [4.78, 5) is 0. The summed E-state index contributed by atoms with van der Waals surface area (Å²) in [6.45, 7) is 5.22. The molecule has 0 aromatic heterocycles.